The van der Waals surface area contributed by atoms with E-state index in [2.05, 4.69) is 4.98 Å². The van der Waals surface area contributed by atoms with Crippen LogP contribution in [-0.2, 0) is 9.59 Å². The number of amides is 1. The molecule has 4 rings (SSSR count). The van der Waals surface area contributed by atoms with Crippen LogP contribution in [0.5, 0.6) is 17.2 Å². The number of hydrogen-bond acceptors (Lipinski definition) is 8. The minimum absolute atomic E-state index is 0.0591. The molecule has 1 atom stereocenters. The lowest BCUT2D eigenvalue weighted by Gasteiger charge is -2.25. The van der Waals surface area contributed by atoms with Crippen molar-refractivity contribution in [3.63, 3.8) is 0 Å². The van der Waals surface area contributed by atoms with Crippen LogP contribution in [0.3, 0.4) is 0 Å². The van der Waals surface area contributed by atoms with Gasteiger partial charge in [-0.3, -0.25) is 14.5 Å². The predicted octanol–water partition coefficient (Wildman–Crippen LogP) is 4.80. The number of Topliss-reactive ketones (excluding diaryl/α,β-unsaturated/α-hetero) is 1. The van der Waals surface area contributed by atoms with Gasteiger partial charge in [-0.05, 0) is 63.2 Å². The number of ketones is 1. The quantitative estimate of drug-likeness (QED) is 0.286. The summed E-state index contributed by atoms with van der Waals surface area (Å²) in [5, 5.41) is 11.7. The molecule has 1 N–H and O–H groups in total. The van der Waals surface area contributed by atoms with Gasteiger partial charge in [0.25, 0.3) is 5.78 Å². The number of aliphatic hydroxyl groups excluding tert-OH is 1. The van der Waals surface area contributed by atoms with Crippen molar-refractivity contribution in [1.29, 1.82) is 0 Å². The number of thiazole rings is 1. The minimum Gasteiger partial charge on any atom is -0.507 e. The van der Waals surface area contributed by atoms with E-state index in [9.17, 15) is 14.7 Å². The molecule has 9 heteroatoms. The Labute approximate surface area is 207 Å². The van der Waals surface area contributed by atoms with E-state index >= 15 is 0 Å². The highest BCUT2D eigenvalue weighted by atomic mass is 32.1. The van der Waals surface area contributed by atoms with E-state index in [4.69, 9.17) is 14.2 Å². The molecule has 2 heterocycles. The molecule has 182 valence electrons. The topological polar surface area (TPSA) is 98.2 Å². The normalized spacial score (nSPS) is 17.1. The zero-order valence-corrected chi connectivity index (χ0v) is 20.9. The van der Waals surface area contributed by atoms with E-state index in [1.165, 1.54) is 30.5 Å². The number of aliphatic hydroxyl groups is 1. The molecule has 1 amide bonds. The van der Waals surface area contributed by atoms with Crippen molar-refractivity contribution < 1.29 is 28.9 Å². The number of ether oxygens (including phenoxy) is 3. The molecular formula is C26H26N2O6S. The number of hydrogen-bond donors (Lipinski definition) is 1. The van der Waals surface area contributed by atoms with Crippen molar-refractivity contribution in [2.75, 3.05) is 25.7 Å². The second kappa shape index (κ2) is 9.79. The maximum atomic E-state index is 13.4. The number of nitrogens with zero attached hydrogens (tertiary/aromatic N) is 2. The molecule has 3 aromatic rings. The van der Waals surface area contributed by atoms with Gasteiger partial charge in [-0.1, -0.05) is 0 Å². The van der Waals surface area contributed by atoms with Crippen molar-refractivity contribution >= 4 is 33.9 Å². The highest BCUT2D eigenvalue weighted by molar-refractivity contribution is 7.16. The maximum absolute atomic E-state index is 13.4. The molecule has 0 unspecified atom stereocenters. The van der Waals surface area contributed by atoms with Gasteiger partial charge in [-0.2, -0.15) is 0 Å². The van der Waals surface area contributed by atoms with Gasteiger partial charge in [0.15, 0.2) is 5.13 Å². The lowest BCUT2D eigenvalue weighted by molar-refractivity contribution is -0.132. The highest BCUT2D eigenvalue weighted by Crippen LogP contribution is 2.47. The molecule has 2 aromatic carbocycles. The highest BCUT2D eigenvalue weighted by Gasteiger charge is 2.49. The Bertz CT molecular complexity index is 1290. The van der Waals surface area contributed by atoms with Crippen LogP contribution in [0.2, 0.25) is 0 Å². The molecule has 35 heavy (non-hydrogen) atoms. The summed E-state index contributed by atoms with van der Waals surface area (Å²) < 4.78 is 16.4. The molecule has 1 aromatic heterocycles. The Morgan fingerprint density at radius 3 is 2.31 bits per heavy atom. The molecule has 0 bridgehead atoms. The van der Waals surface area contributed by atoms with E-state index in [0.717, 1.165) is 10.6 Å². The Kier molecular flexibility index (Phi) is 6.79. The summed E-state index contributed by atoms with van der Waals surface area (Å²) in [6.07, 6.45) is 0. The van der Waals surface area contributed by atoms with Crippen LogP contribution in [0.15, 0.2) is 48.0 Å². The molecule has 1 fully saturated rings. The van der Waals surface area contributed by atoms with Gasteiger partial charge < -0.3 is 19.3 Å². The van der Waals surface area contributed by atoms with Gasteiger partial charge in [0, 0.05) is 16.0 Å². The van der Waals surface area contributed by atoms with Crippen molar-refractivity contribution in [2.24, 2.45) is 0 Å². The van der Waals surface area contributed by atoms with E-state index in [0.29, 0.717) is 40.1 Å². The molecular weight excluding hydrogens is 468 g/mol. The second-order valence-electron chi connectivity index (χ2n) is 7.87. The standard InChI is InChI=1S/C26H26N2O6S/c1-6-34-17-9-7-16(8-10-17)23(29)21-22(19-13-18(32-4)11-12-20(19)33-5)28(25(31)24(21)30)26-27-14(2)15(3)35-26/h7-13,22,29H,6H2,1-5H3/t22-/m1/s1. The lowest BCUT2D eigenvalue weighted by Crippen LogP contribution is -2.29. The summed E-state index contributed by atoms with van der Waals surface area (Å²) in [7, 11) is 3.03. The first kappa shape index (κ1) is 24.3. The number of carbonyl (C=O) groups excluding carboxylic acids is 2. The third kappa shape index (κ3) is 4.35. The number of anilines is 1. The number of carbonyl (C=O) groups is 2. The minimum atomic E-state index is -0.975. The van der Waals surface area contributed by atoms with Crippen molar-refractivity contribution in [3.05, 3.63) is 69.7 Å². The van der Waals surface area contributed by atoms with Gasteiger partial charge in [-0.25, -0.2) is 4.98 Å². The second-order valence-corrected chi connectivity index (χ2v) is 9.05. The summed E-state index contributed by atoms with van der Waals surface area (Å²) in [4.78, 5) is 33.5. The fourth-order valence-electron chi connectivity index (χ4n) is 3.97. The molecule has 1 aliphatic heterocycles. The van der Waals surface area contributed by atoms with Crippen LogP contribution >= 0.6 is 11.3 Å². The van der Waals surface area contributed by atoms with Crippen LogP contribution in [0.25, 0.3) is 5.76 Å². The summed E-state index contributed by atoms with van der Waals surface area (Å²) >= 11 is 1.31. The van der Waals surface area contributed by atoms with E-state index in [-0.39, 0.29) is 11.3 Å². The van der Waals surface area contributed by atoms with E-state index in [1.54, 1.807) is 42.5 Å². The van der Waals surface area contributed by atoms with Gasteiger partial charge >= 0.3 is 5.91 Å². The molecule has 0 radical (unpaired) electrons. The number of rotatable bonds is 7. The van der Waals surface area contributed by atoms with Gasteiger partial charge in [0.05, 0.1) is 32.1 Å². The molecule has 8 nitrogen and oxygen atoms in total. The zero-order valence-electron chi connectivity index (χ0n) is 20.1. The zero-order chi connectivity index (χ0) is 25.3. The SMILES string of the molecule is CCOc1ccc(C(O)=C2C(=O)C(=O)N(c3nc(C)c(C)s3)[C@@H]2c2cc(OC)ccc2OC)cc1. The van der Waals surface area contributed by atoms with E-state index < -0.39 is 17.7 Å². The van der Waals surface area contributed by atoms with Crippen LogP contribution < -0.4 is 19.1 Å². The predicted molar refractivity (Wildman–Crippen MR) is 134 cm³/mol. The Morgan fingerprint density at radius 1 is 1.06 bits per heavy atom. The largest absolute Gasteiger partial charge is 0.507 e. The van der Waals surface area contributed by atoms with Crippen LogP contribution in [0.1, 0.15) is 34.7 Å². The summed E-state index contributed by atoms with van der Waals surface area (Å²) in [5.41, 5.74) is 1.57. The first-order chi connectivity index (χ1) is 16.8. The molecule has 1 aliphatic rings. The Morgan fingerprint density at radius 2 is 1.74 bits per heavy atom. The van der Waals surface area contributed by atoms with Gasteiger partial charge in [0.1, 0.15) is 29.0 Å². The third-order valence-electron chi connectivity index (χ3n) is 5.84. The molecule has 0 aliphatic carbocycles. The first-order valence-electron chi connectivity index (χ1n) is 11.0. The monoisotopic (exact) mass is 494 g/mol. The van der Waals surface area contributed by atoms with Crippen molar-refractivity contribution in [3.8, 4) is 17.2 Å². The molecule has 0 spiro atoms. The van der Waals surface area contributed by atoms with Gasteiger partial charge in [-0.15, -0.1) is 11.3 Å². The molecule has 0 saturated carbocycles. The van der Waals surface area contributed by atoms with Crippen LogP contribution in [0.4, 0.5) is 5.13 Å². The average molecular weight is 495 g/mol. The Hall–Kier alpha value is -3.85. The van der Waals surface area contributed by atoms with Crippen LogP contribution in [-0.4, -0.2) is 42.6 Å². The average Bonchev–Trinajstić information content (AvgIpc) is 3.33. The van der Waals surface area contributed by atoms with Gasteiger partial charge in [0.2, 0.25) is 0 Å². The van der Waals surface area contributed by atoms with Crippen molar-refractivity contribution in [1.82, 2.24) is 4.98 Å². The number of methoxy groups -OCH3 is 2. The fourth-order valence-corrected chi connectivity index (χ4v) is 4.90. The summed E-state index contributed by atoms with van der Waals surface area (Å²) in [5.74, 6) is -0.305. The van der Waals surface area contributed by atoms with Crippen molar-refractivity contribution in [2.45, 2.75) is 26.8 Å². The summed E-state index contributed by atoms with van der Waals surface area (Å²) in [6, 6.07) is 10.8. The number of benzene rings is 2. The number of aromatic nitrogens is 1. The lowest BCUT2D eigenvalue weighted by atomic mass is 9.94. The maximum Gasteiger partial charge on any atom is 0.301 e. The molecule has 1 saturated heterocycles. The first-order valence-corrected chi connectivity index (χ1v) is 11.8. The third-order valence-corrected chi connectivity index (χ3v) is 6.91. The summed E-state index contributed by atoms with van der Waals surface area (Å²) in [6.45, 7) is 6.11. The Balaban J connectivity index is 1.96. The fraction of sp³-hybridized carbons (Fsp3) is 0.269. The van der Waals surface area contributed by atoms with Crippen LogP contribution in [0, 0.1) is 13.8 Å². The number of aryl methyl sites for hydroxylation is 2. The van der Waals surface area contributed by atoms with E-state index in [1.807, 2.05) is 20.8 Å². The smallest absolute Gasteiger partial charge is 0.301 e.